The van der Waals surface area contributed by atoms with Gasteiger partial charge in [-0.15, -0.1) is 0 Å². The monoisotopic (exact) mass is 424 g/mol. The molecular formula is C28H28N2O2. The summed E-state index contributed by atoms with van der Waals surface area (Å²) >= 11 is 0. The summed E-state index contributed by atoms with van der Waals surface area (Å²) in [6.45, 7) is 6.54. The summed E-state index contributed by atoms with van der Waals surface area (Å²) in [5.41, 5.74) is 6.34. The summed E-state index contributed by atoms with van der Waals surface area (Å²) in [7, 11) is 3.47. The molecule has 0 saturated carbocycles. The number of benzene rings is 3. The highest BCUT2D eigenvalue weighted by Gasteiger charge is 2.24. The molecule has 1 aromatic heterocycles. The van der Waals surface area contributed by atoms with Crippen LogP contribution in [0.25, 0.3) is 21.9 Å². The van der Waals surface area contributed by atoms with Crippen LogP contribution in [-0.2, 0) is 13.6 Å². The highest BCUT2D eigenvalue weighted by molar-refractivity contribution is 6.08. The van der Waals surface area contributed by atoms with Gasteiger partial charge in [-0.25, -0.2) is 0 Å². The molecule has 0 aliphatic heterocycles. The minimum absolute atomic E-state index is 0.158. The maximum absolute atomic E-state index is 13.7. The molecule has 0 bridgehead atoms. The van der Waals surface area contributed by atoms with Crippen LogP contribution in [0.5, 0.6) is 0 Å². The topological polar surface area (TPSA) is 42.3 Å². The van der Waals surface area contributed by atoms with E-state index in [0.29, 0.717) is 17.6 Å². The largest absolute Gasteiger partial charge is 0.336 e. The number of pyridine rings is 1. The standard InChI is InChI=1S/C28H28N2O2/c1-18-11-13-21(14-12-18)17-29(4)28(32)26-25(22-9-7-6-8-10-22)23-15-19(2)20(3)16-24(23)27(31)30(26)5/h6-16H,17H2,1-5H3. The smallest absolute Gasteiger partial charge is 0.271 e. The second-order valence-corrected chi connectivity index (χ2v) is 8.58. The van der Waals surface area contributed by atoms with Crippen LogP contribution in [0.3, 0.4) is 0 Å². The predicted octanol–water partition coefficient (Wildman–Crippen LogP) is 5.40. The van der Waals surface area contributed by atoms with Crippen LogP contribution >= 0.6 is 0 Å². The van der Waals surface area contributed by atoms with Crippen molar-refractivity contribution in [3.63, 3.8) is 0 Å². The third-order valence-corrected chi connectivity index (χ3v) is 6.16. The van der Waals surface area contributed by atoms with Crippen molar-refractivity contribution < 1.29 is 4.79 Å². The Kier molecular flexibility index (Phi) is 5.70. The molecular weight excluding hydrogens is 396 g/mol. The van der Waals surface area contributed by atoms with E-state index in [2.05, 4.69) is 0 Å². The molecule has 0 spiro atoms. The molecule has 0 fully saturated rings. The van der Waals surface area contributed by atoms with Gasteiger partial charge in [-0.05, 0) is 54.5 Å². The third kappa shape index (κ3) is 3.84. The number of aryl methyl sites for hydroxylation is 3. The molecule has 4 aromatic rings. The lowest BCUT2D eigenvalue weighted by Crippen LogP contribution is -2.33. The lowest BCUT2D eigenvalue weighted by molar-refractivity contribution is 0.0775. The SMILES string of the molecule is Cc1ccc(CN(C)C(=O)c2c(-c3ccccc3)c3cc(C)c(C)cc3c(=O)n2C)cc1. The molecule has 0 aliphatic rings. The van der Waals surface area contributed by atoms with Crippen molar-refractivity contribution >= 4 is 16.7 Å². The molecule has 0 saturated heterocycles. The zero-order chi connectivity index (χ0) is 23.0. The minimum Gasteiger partial charge on any atom is -0.336 e. The van der Waals surface area contributed by atoms with E-state index in [-0.39, 0.29) is 11.5 Å². The summed E-state index contributed by atoms with van der Waals surface area (Å²) in [4.78, 5) is 28.7. The van der Waals surface area contributed by atoms with Crippen molar-refractivity contribution in [3.05, 3.63) is 105 Å². The first-order valence-electron chi connectivity index (χ1n) is 10.8. The molecule has 1 heterocycles. The van der Waals surface area contributed by atoms with Gasteiger partial charge < -0.3 is 9.47 Å². The molecule has 0 unspecified atom stereocenters. The Labute approximate surface area is 188 Å². The summed E-state index contributed by atoms with van der Waals surface area (Å²) in [5, 5.41) is 1.45. The van der Waals surface area contributed by atoms with Crippen LogP contribution in [0.4, 0.5) is 0 Å². The first-order chi connectivity index (χ1) is 15.3. The molecule has 1 amide bonds. The molecule has 4 rings (SSSR count). The van der Waals surface area contributed by atoms with Gasteiger partial charge in [-0.3, -0.25) is 9.59 Å². The summed E-state index contributed by atoms with van der Waals surface area (Å²) in [6.07, 6.45) is 0. The fraction of sp³-hybridized carbons (Fsp3) is 0.214. The van der Waals surface area contributed by atoms with Crippen LogP contribution in [0, 0.1) is 20.8 Å². The number of amides is 1. The van der Waals surface area contributed by atoms with E-state index in [1.807, 2.05) is 87.5 Å². The van der Waals surface area contributed by atoms with Gasteiger partial charge in [0.15, 0.2) is 0 Å². The number of hydrogen-bond donors (Lipinski definition) is 0. The molecule has 0 aliphatic carbocycles. The van der Waals surface area contributed by atoms with Gasteiger partial charge in [-0.2, -0.15) is 0 Å². The Hall–Kier alpha value is -3.66. The van der Waals surface area contributed by atoms with Gasteiger partial charge in [0.1, 0.15) is 5.69 Å². The van der Waals surface area contributed by atoms with Crippen molar-refractivity contribution in [2.45, 2.75) is 27.3 Å². The van der Waals surface area contributed by atoms with Crippen LogP contribution in [0.2, 0.25) is 0 Å². The maximum atomic E-state index is 13.7. The Morgan fingerprint density at radius 3 is 2.09 bits per heavy atom. The van der Waals surface area contributed by atoms with E-state index in [1.165, 1.54) is 10.1 Å². The Morgan fingerprint density at radius 1 is 0.875 bits per heavy atom. The number of carbonyl (C=O) groups is 1. The number of nitrogens with zero attached hydrogens (tertiary/aromatic N) is 2. The summed E-state index contributed by atoms with van der Waals surface area (Å²) in [5.74, 6) is -0.177. The van der Waals surface area contributed by atoms with Gasteiger partial charge in [-0.1, -0.05) is 66.2 Å². The number of aromatic nitrogens is 1. The van der Waals surface area contributed by atoms with Crippen LogP contribution in [0.1, 0.15) is 32.7 Å². The average molecular weight is 425 g/mol. The molecule has 32 heavy (non-hydrogen) atoms. The van der Waals surface area contributed by atoms with Crippen LogP contribution in [0.15, 0.2) is 71.5 Å². The van der Waals surface area contributed by atoms with Gasteiger partial charge in [0.25, 0.3) is 11.5 Å². The average Bonchev–Trinajstić information content (AvgIpc) is 2.79. The fourth-order valence-corrected chi connectivity index (χ4v) is 4.14. The van der Waals surface area contributed by atoms with Crippen molar-refractivity contribution in [3.8, 4) is 11.1 Å². The second kappa shape index (κ2) is 8.46. The maximum Gasteiger partial charge on any atom is 0.271 e. The quantitative estimate of drug-likeness (QED) is 0.440. The number of fused-ring (bicyclic) bond motifs is 1. The van der Waals surface area contributed by atoms with Crippen LogP contribution in [-0.4, -0.2) is 22.4 Å². The Bertz CT molecular complexity index is 1370. The molecule has 4 heteroatoms. The van der Waals surface area contributed by atoms with Gasteiger partial charge in [0.2, 0.25) is 0 Å². The normalized spacial score (nSPS) is 11.0. The Morgan fingerprint density at radius 2 is 1.47 bits per heavy atom. The molecule has 0 radical (unpaired) electrons. The lowest BCUT2D eigenvalue weighted by atomic mass is 9.93. The van der Waals surface area contributed by atoms with Crippen LogP contribution < -0.4 is 5.56 Å². The molecule has 0 atom stereocenters. The Balaban J connectivity index is 1.94. The van der Waals surface area contributed by atoms with Gasteiger partial charge in [0.05, 0.1) is 0 Å². The minimum atomic E-state index is -0.177. The van der Waals surface area contributed by atoms with Crippen molar-refractivity contribution in [1.82, 2.24) is 9.47 Å². The predicted molar refractivity (Wildman–Crippen MR) is 131 cm³/mol. The fourth-order valence-electron chi connectivity index (χ4n) is 4.14. The number of hydrogen-bond acceptors (Lipinski definition) is 2. The summed E-state index contributed by atoms with van der Waals surface area (Å²) < 4.78 is 1.51. The van der Waals surface area contributed by atoms with E-state index in [9.17, 15) is 9.59 Å². The van der Waals surface area contributed by atoms with E-state index in [0.717, 1.165) is 33.2 Å². The van der Waals surface area contributed by atoms with Gasteiger partial charge in [0, 0.05) is 31.6 Å². The molecule has 162 valence electrons. The molecule has 3 aromatic carbocycles. The second-order valence-electron chi connectivity index (χ2n) is 8.58. The third-order valence-electron chi connectivity index (χ3n) is 6.16. The van der Waals surface area contributed by atoms with Gasteiger partial charge >= 0.3 is 0 Å². The van der Waals surface area contributed by atoms with E-state index in [1.54, 1.807) is 19.0 Å². The number of rotatable bonds is 4. The van der Waals surface area contributed by atoms with Crippen molar-refractivity contribution in [2.75, 3.05) is 7.05 Å². The lowest BCUT2D eigenvalue weighted by Gasteiger charge is -2.23. The number of carbonyl (C=O) groups excluding carboxylic acids is 1. The molecule has 0 N–H and O–H groups in total. The van der Waals surface area contributed by atoms with E-state index >= 15 is 0 Å². The highest BCUT2D eigenvalue weighted by Crippen LogP contribution is 2.32. The van der Waals surface area contributed by atoms with Crippen molar-refractivity contribution in [1.29, 1.82) is 0 Å². The molecule has 4 nitrogen and oxygen atoms in total. The highest BCUT2D eigenvalue weighted by atomic mass is 16.2. The van der Waals surface area contributed by atoms with E-state index in [4.69, 9.17) is 0 Å². The summed E-state index contributed by atoms with van der Waals surface area (Å²) in [6, 6.07) is 22.0. The first kappa shape index (κ1) is 21.6. The zero-order valence-corrected chi connectivity index (χ0v) is 19.3. The zero-order valence-electron chi connectivity index (χ0n) is 19.3. The first-order valence-corrected chi connectivity index (χ1v) is 10.8. The van der Waals surface area contributed by atoms with Crippen molar-refractivity contribution in [2.24, 2.45) is 7.05 Å². The van der Waals surface area contributed by atoms with E-state index < -0.39 is 0 Å².